The third-order valence-corrected chi connectivity index (χ3v) is 8.55. The van der Waals surface area contributed by atoms with E-state index < -0.39 is 0 Å². The second-order valence-corrected chi connectivity index (χ2v) is 10.9. The molecule has 0 saturated carbocycles. The molecular weight excluding hydrogens is 524 g/mol. The van der Waals surface area contributed by atoms with Crippen molar-refractivity contribution in [1.29, 1.82) is 0 Å². The first-order valence-electron chi connectivity index (χ1n) is 14.4. The second-order valence-electron chi connectivity index (χ2n) is 10.9. The topological polar surface area (TPSA) is 41.9 Å². The molecule has 0 radical (unpaired) electrons. The van der Waals surface area contributed by atoms with Gasteiger partial charge in [0.25, 0.3) is 0 Å². The zero-order valence-electron chi connectivity index (χ0n) is 23.1. The summed E-state index contributed by atoms with van der Waals surface area (Å²) in [6.45, 7) is 0. The minimum atomic E-state index is 0.882. The van der Waals surface area contributed by atoms with Crippen molar-refractivity contribution in [3.05, 3.63) is 146 Å². The van der Waals surface area contributed by atoms with Gasteiger partial charge in [0.15, 0.2) is 0 Å². The zero-order chi connectivity index (χ0) is 28.3. The minimum absolute atomic E-state index is 0.882. The Hall–Kier alpha value is -5.87. The summed E-state index contributed by atoms with van der Waals surface area (Å²) in [7, 11) is 0. The van der Waals surface area contributed by atoms with E-state index in [1.165, 1.54) is 38.6 Å². The maximum atomic E-state index is 4.77. The lowest BCUT2D eigenvalue weighted by atomic mass is 9.94. The highest BCUT2D eigenvalue weighted by Crippen LogP contribution is 2.49. The Kier molecular flexibility index (Phi) is 5.16. The molecule has 5 aromatic carbocycles. The van der Waals surface area contributed by atoms with E-state index in [-0.39, 0.29) is 0 Å². The number of nitrogens with zero attached hydrogens (tertiary/aromatic N) is 4. The normalized spacial score (nSPS) is 11.7. The van der Waals surface area contributed by atoms with Crippen LogP contribution in [-0.2, 0) is 0 Å². The SMILES string of the molecule is c1cncc(N(c2cccc(-c3ccc4c5c(cccc35)-c3ccccc3-4)c2)c2cc3cccnc3c3ncccc23)c1. The molecule has 8 aromatic rings. The number of fused-ring (bicyclic) bond motifs is 6. The molecule has 9 rings (SSSR count). The molecule has 1 aliphatic carbocycles. The van der Waals surface area contributed by atoms with Crippen LogP contribution in [0.25, 0.3) is 66.0 Å². The van der Waals surface area contributed by atoms with Crippen LogP contribution in [0, 0.1) is 0 Å². The summed E-state index contributed by atoms with van der Waals surface area (Å²) in [5, 5.41) is 4.67. The second kappa shape index (κ2) is 9.33. The first-order valence-corrected chi connectivity index (χ1v) is 14.4. The summed E-state index contributed by atoms with van der Waals surface area (Å²) in [6, 6.07) is 43.3. The van der Waals surface area contributed by atoms with Gasteiger partial charge in [0.1, 0.15) is 0 Å². The molecule has 0 spiro atoms. The number of aromatic nitrogens is 3. The van der Waals surface area contributed by atoms with E-state index in [1.54, 1.807) is 0 Å². The van der Waals surface area contributed by atoms with Gasteiger partial charge in [0.2, 0.25) is 0 Å². The van der Waals surface area contributed by atoms with Crippen LogP contribution in [0.1, 0.15) is 0 Å². The molecule has 3 heterocycles. The fraction of sp³-hybridized carbons (Fsp3) is 0. The Balaban J connectivity index is 1.28. The molecule has 0 aliphatic heterocycles. The number of rotatable bonds is 4. The molecule has 0 bridgehead atoms. The van der Waals surface area contributed by atoms with Crippen molar-refractivity contribution in [3.63, 3.8) is 0 Å². The quantitative estimate of drug-likeness (QED) is 0.205. The van der Waals surface area contributed by atoms with Gasteiger partial charge in [0, 0.05) is 35.1 Å². The molecule has 0 N–H and O–H groups in total. The van der Waals surface area contributed by atoms with Crippen LogP contribution in [0.2, 0.25) is 0 Å². The molecule has 0 amide bonds. The summed E-state index contributed by atoms with van der Waals surface area (Å²) in [4.78, 5) is 16.2. The molecule has 4 heteroatoms. The lowest BCUT2D eigenvalue weighted by molar-refractivity contribution is 1.24. The van der Waals surface area contributed by atoms with Crippen LogP contribution in [0.5, 0.6) is 0 Å². The highest BCUT2D eigenvalue weighted by molar-refractivity contribution is 6.19. The van der Waals surface area contributed by atoms with Gasteiger partial charge in [-0.25, -0.2) is 0 Å². The van der Waals surface area contributed by atoms with Gasteiger partial charge in [-0.2, -0.15) is 0 Å². The van der Waals surface area contributed by atoms with Crippen LogP contribution >= 0.6 is 0 Å². The van der Waals surface area contributed by atoms with Gasteiger partial charge < -0.3 is 4.90 Å². The van der Waals surface area contributed by atoms with Gasteiger partial charge in [0.05, 0.1) is 28.6 Å². The first kappa shape index (κ1) is 23.8. The van der Waals surface area contributed by atoms with Crippen LogP contribution in [0.15, 0.2) is 146 Å². The highest BCUT2D eigenvalue weighted by Gasteiger charge is 2.23. The summed E-state index contributed by atoms with van der Waals surface area (Å²) in [6.07, 6.45) is 7.39. The predicted molar refractivity (Wildman–Crippen MR) is 177 cm³/mol. The predicted octanol–water partition coefficient (Wildman–Crippen LogP) is 10.1. The Morgan fingerprint density at radius 3 is 2.02 bits per heavy atom. The maximum Gasteiger partial charge on any atom is 0.0985 e. The summed E-state index contributed by atoms with van der Waals surface area (Å²) in [5.74, 6) is 0. The number of pyridine rings is 3. The van der Waals surface area contributed by atoms with Gasteiger partial charge in [-0.05, 0) is 92.7 Å². The summed E-state index contributed by atoms with van der Waals surface area (Å²) in [5.41, 5.74) is 12.4. The average molecular weight is 549 g/mol. The zero-order valence-corrected chi connectivity index (χ0v) is 23.1. The third-order valence-electron chi connectivity index (χ3n) is 8.55. The Morgan fingerprint density at radius 2 is 1.16 bits per heavy atom. The summed E-state index contributed by atoms with van der Waals surface area (Å²) < 4.78 is 0. The van der Waals surface area contributed by atoms with Gasteiger partial charge >= 0.3 is 0 Å². The summed E-state index contributed by atoms with van der Waals surface area (Å²) >= 11 is 0. The third kappa shape index (κ3) is 3.60. The van der Waals surface area contributed by atoms with Crippen LogP contribution < -0.4 is 4.90 Å². The number of hydrogen-bond acceptors (Lipinski definition) is 4. The Labute approximate surface area is 248 Å². The molecular formula is C39H24N4. The molecule has 0 saturated heterocycles. The number of benzene rings is 5. The van der Waals surface area contributed by atoms with E-state index in [0.717, 1.165) is 44.4 Å². The van der Waals surface area contributed by atoms with Crippen molar-refractivity contribution >= 4 is 49.6 Å². The van der Waals surface area contributed by atoms with E-state index in [1.807, 2.05) is 43.0 Å². The van der Waals surface area contributed by atoms with Gasteiger partial charge in [-0.1, -0.05) is 72.8 Å². The number of anilines is 3. The van der Waals surface area contributed by atoms with Crippen LogP contribution in [-0.4, -0.2) is 15.0 Å². The van der Waals surface area contributed by atoms with Crippen LogP contribution in [0.3, 0.4) is 0 Å². The lowest BCUT2D eigenvalue weighted by Crippen LogP contribution is -2.11. The first-order chi connectivity index (χ1) is 21.3. The van der Waals surface area contributed by atoms with Crippen molar-refractivity contribution in [2.75, 3.05) is 4.90 Å². The maximum absolute atomic E-state index is 4.77. The van der Waals surface area contributed by atoms with E-state index in [4.69, 9.17) is 4.98 Å². The van der Waals surface area contributed by atoms with Crippen molar-refractivity contribution < 1.29 is 0 Å². The molecule has 1 aliphatic rings. The molecule has 0 unspecified atom stereocenters. The smallest absolute Gasteiger partial charge is 0.0985 e. The Bertz CT molecular complexity index is 2330. The standard InChI is InChI=1S/C39H24N4/c1-2-13-31-30(12-1)33-15-4-14-32-29(17-18-34(31)37(32)33)25-8-3-10-27(22-25)43(28-11-6-19-40-24-28)36-23-26-9-5-20-41-38(26)39-35(36)16-7-21-42-39/h1-24H. The lowest BCUT2D eigenvalue weighted by Gasteiger charge is -2.27. The van der Waals surface area contributed by atoms with Crippen molar-refractivity contribution in [3.8, 4) is 33.4 Å². The monoisotopic (exact) mass is 548 g/mol. The van der Waals surface area contributed by atoms with E-state index in [2.05, 4.69) is 118 Å². The van der Waals surface area contributed by atoms with Crippen molar-refractivity contribution in [2.45, 2.75) is 0 Å². The fourth-order valence-electron chi connectivity index (χ4n) is 6.73. The van der Waals surface area contributed by atoms with E-state index in [0.29, 0.717) is 0 Å². The minimum Gasteiger partial charge on any atom is -0.308 e. The van der Waals surface area contributed by atoms with Crippen LogP contribution in [0.4, 0.5) is 17.1 Å². The molecule has 200 valence electrons. The van der Waals surface area contributed by atoms with Gasteiger partial charge in [-0.15, -0.1) is 0 Å². The number of hydrogen-bond donors (Lipinski definition) is 0. The molecule has 0 fully saturated rings. The largest absolute Gasteiger partial charge is 0.308 e. The highest BCUT2D eigenvalue weighted by atomic mass is 15.1. The van der Waals surface area contributed by atoms with Crippen molar-refractivity contribution in [2.24, 2.45) is 0 Å². The molecule has 4 nitrogen and oxygen atoms in total. The molecule has 3 aromatic heterocycles. The molecule has 0 atom stereocenters. The fourth-order valence-corrected chi connectivity index (χ4v) is 6.73. The van der Waals surface area contributed by atoms with E-state index >= 15 is 0 Å². The van der Waals surface area contributed by atoms with Crippen molar-refractivity contribution in [1.82, 2.24) is 15.0 Å². The van der Waals surface area contributed by atoms with E-state index in [9.17, 15) is 0 Å². The average Bonchev–Trinajstić information content (AvgIpc) is 3.41. The van der Waals surface area contributed by atoms with Gasteiger partial charge in [-0.3, -0.25) is 15.0 Å². The Morgan fingerprint density at radius 1 is 0.465 bits per heavy atom. The molecule has 43 heavy (non-hydrogen) atoms.